The van der Waals surface area contributed by atoms with Gasteiger partial charge in [-0.3, -0.25) is 4.79 Å². The van der Waals surface area contributed by atoms with Crippen molar-refractivity contribution in [2.45, 2.75) is 29.4 Å². The van der Waals surface area contributed by atoms with Crippen molar-refractivity contribution in [3.63, 3.8) is 0 Å². The number of carbonyl (C=O) groups is 1. The van der Waals surface area contributed by atoms with Crippen molar-refractivity contribution < 1.29 is 35.9 Å². The van der Waals surface area contributed by atoms with E-state index >= 15 is 0 Å². The number of fused-ring (bicyclic) bond motifs is 1. The molecule has 0 aliphatic carbocycles. The van der Waals surface area contributed by atoms with Crippen LogP contribution in [0.25, 0.3) is 0 Å². The van der Waals surface area contributed by atoms with Crippen LogP contribution in [0.3, 0.4) is 0 Å². The summed E-state index contributed by atoms with van der Waals surface area (Å²) in [5.41, 5.74) is -5.28. The van der Waals surface area contributed by atoms with Crippen LogP contribution in [0.1, 0.15) is 11.1 Å². The van der Waals surface area contributed by atoms with Crippen molar-refractivity contribution in [3.05, 3.63) is 64.6 Å². The van der Waals surface area contributed by atoms with E-state index in [1.54, 1.807) is 24.3 Å². The molecule has 0 fully saturated rings. The number of alkyl halides is 6. The Balaban J connectivity index is 1.85. The van der Waals surface area contributed by atoms with Gasteiger partial charge in [-0.15, -0.1) is 16.7 Å². The van der Waals surface area contributed by atoms with E-state index in [0.29, 0.717) is 12.1 Å². The highest BCUT2D eigenvalue weighted by molar-refractivity contribution is 7.99. The Labute approximate surface area is 182 Å². The van der Waals surface area contributed by atoms with Crippen LogP contribution in [-0.4, -0.2) is 37.2 Å². The zero-order chi connectivity index (χ0) is 23.6. The molecule has 0 saturated heterocycles. The lowest BCUT2D eigenvalue weighted by molar-refractivity contribution is -0.301. The van der Waals surface area contributed by atoms with E-state index in [1.807, 2.05) is 6.07 Å². The first-order chi connectivity index (χ1) is 15.0. The summed E-state index contributed by atoms with van der Waals surface area (Å²) < 4.78 is 85.6. The molecule has 0 unspecified atom stereocenters. The number of hydrogen-bond donors (Lipinski definition) is 0. The van der Waals surface area contributed by atoms with Crippen molar-refractivity contribution in [1.82, 2.24) is 0 Å². The topological polar surface area (TPSA) is 59.0 Å². The third kappa shape index (κ3) is 4.46. The van der Waals surface area contributed by atoms with Crippen molar-refractivity contribution in [2.24, 2.45) is 5.18 Å². The third-order valence-corrected chi connectivity index (χ3v) is 5.86. The van der Waals surface area contributed by atoms with Gasteiger partial charge >= 0.3 is 17.9 Å². The zero-order valence-electron chi connectivity index (χ0n) is 16.2. The molecular weight excluding hydrogens is 462 g/mol. The lowest BCUT2D eigenvalue weighted by Crippen LogP contribution is -2.52. The quantitative estimate of drug-likeness (QED) is 0.411. The Morgan fingerprint density at radius 1 is 1.03 bits per heavy atom. The second-order valence-corrected chi connectivity index (χ2v) is 7.99. The van der Waals surface area contributed by atoms with Gasteiger partial charge in [0.25, 0.3) is 5.91 Å². The second kappa shape index (κ2) is 9.10. The molecule has 0 aromatic heterocycles. The van der Waals surface area contributed by atoms with Gasteiger partial charge in [0.15, 0.2) is 0 Å². The molecule has 1 aliphatic rings. The van der Waals surface area contributed by atoms with Crippen LogP contribution in [0.5, 0.6) is 0 Å². The van der Waals surface area contributed by atoms with E-state index in [0.717, 1.165) is 23.4 Å². The molecule has 1 amide bonds. The maximum absolute atomic E-state index is 13.4. The molecule has 12 heteroatoms. The van der Waals surface area contributed by atoms with E-state index in [1.165, 1.54) is 10.1 Å². The summed E-state index contributed by atoms with van der Waals surface area (Å²) in [6, 6.07) is 11.1. The predicted octanol–water partition coefficient (Wildman–Crippen LogP) is 5.43. The van der Waals surface area contributed by atoms with Crippen molar-refractivity contribution in [2.75, 3.05) is 23.8 Å². The van der Waals surface area contributed by atoms with Gasteiger partial charge in [-0.1, -0.05) is 36.4 Å². The molecule has 0 bridgehead atoms. The fourth-order valence-corrected chi connectivity index (χ4v) is 4.29. The summed E-state index contributed by atoms with van der Waals surface area (Å²) in [5, 5.41) is 1.49. The Bertz CT molecular complexity index is 968. The molecule has 0 spiro atoms. The average Bonchev–Trinajstić information content (AvgIpc) is 2.72. The Morgan fingerprint density at radius 2 is 1.69 bits per heavy atom. The first-order valence-corrected chi connectivity index (χ1v) is 10.2. The lowest BCUT2D eigenvalue weighted by atomic mass is 9.89. The number of nitroso groups, excluding NO2 is 1. The summed E-state index contributed by atoms with van der Waals surface area (Å²) in [5.74, 6) is -0.262. The van der Waals surface area contributed by atoms with Gasteiger partial charge in [0.1, 0.15) is 6.61 Å². The lowest BCUT2D eigenvalue weighted by Gasteiger charge is -2.33. The summed E-state index contributed by atoms with van der Waals surface area (Å²) in [6.45, 7) is 0.0253. The van der Waals surface area contributed by atoms with Gasteiger partial charge < -0.3 is 9.64 Å². The highest BCUT2D eigenvalue weighted by atomic mass is 32.2. The van der Waals surface area contributed by atoms with Gasteiger partial charge in [-0.05, 0) is 22.9 Å². The van der Waals surface area contributed by atoms with Crippen LogP contribution < -0.4 is 4.90 Å². The SMILES string of the molecule is O=NC(c1ccc2c(c1)SCCN2C(=O)COCc1ccccc1)(C(F)(F)F)C(F)(F)F. The number of rotatable bonds is 6. The Hall–Kier alpha value is -2.60. The maximum atomic E-state index is 13.4. The molecule has 0 radical (unpaired) electrons. The fraction of sp³-hybridized carbons (Fsp3) is 0.350. The molecule has 32 heavy (non-hydrogen) atoms. The van der Waals surface area contributed by atoms with E-state index < -0.39 is 29.4 Å². The van der Waals surface area contributed by atoms with E-state index in [2.05, 4.69) is 0 Å². The largest absolute Gasteiger partial charge is 0.430 e. The molecule has 2 aromatic carbocycles. The highest BCUT2D eigenvalue weighted by Gasteiger charge is 2.74. The number of ether oxygens (including phenoxy) is 1. The monoisotopic (exact) mass is 478 g/mol. The van der Waals surface area contributed by atoms with Gasteiger partial charge in [-0.2, -0.15) is 26.3 Å². The molecule has 0 atom stereocenters. The van der Waals surface area contributed by atoms with Crippen LogP contribution in [0.4, 0.5) is 32.0 Å². The van der Waals surface area contributed by atoms with Gasteiger partial charge in [0.05, 0.1) is 12.3 Å². The number of halogens is 6. The first-order valence-electron chi connectivity index (χ1n) is 9.18. The number of thioether (sulfide) groups is 1. The molecule has 2 aromatic rings. The van der Waals surface area contributed by atoms with Crippen LogP contribution in [0, 0.1) is 4.91 Å². The van der Waals surface area contributed by atoms with Crippen LogP contribution in [0.15, 0.2) is 58.6 Å². The molecule has 3 rings (SSSR count). The third-order valence-electron chi connectivity index (χ3n) is 4.84. The number of amides is 1. The second-order valence-electron chi connectivity index (χ2n) is 6.85. The van der Waals surface area contributed by atoms with Crippen molar-refractivity contribution in [1.29, 1.82) is 0 Å². The van der Waals surface area contributed by atoms with E-state index in [4.69, 9.17) is 4.74 Å². The number of hydrogen-bond acceptors (Lipinski definition) is 5. The smallest absolute Gasteiger partial charge is 0.367 e. The van der Waals surface area contributed by atoms with Gasteiger partial charge in [0.2, 0.25) is 0 Å². The predicted molar refractivity (Wildman–Crippen MR) is 105 cm³/mol. The van der Waals surface area contributed by atoms with Crippen LogP contribution in [-0.2, 0) is 21.7 Å². The Kier molecular flexibility index (Phi) is 6.84. The molecule has 1 aliphatic heterocycles. The number of nitrogens with zero attached hydrogens (tertiary/aromatic N) is 2. The number of carbonyl (C=O) groups excluding carboxylic acids is 1. The summed E-state index contributed by atoms with van der Waals surface area (Å²) >= 11 is 0.979. The highest BCUT2D eigenvalue weighted by Crippen LogP contribution is 2.54. The van der Waals surface area contributed by atoms with E-state index in [-0.39, 0.29) is 36.1 Å². The molecule has 1 heterocycles. The van der Waals surface area contributed by atoms with Crippen molar-refractivity contribution >= 4 is 23.4 Å². The number of benzene rings is 2. The molecule has 0 saturated carbocycles. The van der Waals surface area contributed by atoms with Gasteiger partial charge in [0, 0.05) is 22.8 Å². The molecular formula is C20H16F6N2O3S. The van der Waals surface area contributed by atoms with Crippen LogP contribution in [0.2, 0.25) is 0 Å². The minimum Gasteiger partial charge on any atom is -0.367 e. The Morgan fingerprint density at radius 3 is 2.28 bits per heavy atom. The standard InChI is InChI=1S/C20H16F6N2O3S/c21-19(22,23)18(27-30,20(24,25)26)14-6-7-15-16(10-14)32-9-8-28(15)17(29)12-31-11-13-4-2-1-3-5-13/h1-7,10H,8-9,11-12H2. The minimum atomic E-state index is -6.00. The average molecular weight is 478 g/mol. The van der Waals surface area contributed by atoms with Gasteiger partial charge in [-0.25, -0.2) is 0 Å². The fourth-order valence-electron chi connectivity index (χ4n) is 3.26. The maximum Gasteiger partial charge on any atom is 0.430 e. The molecule has 172 valence electrons. The van der Waals surface area contributed by atoms with Crippen LogP contribution >= 0.6 is 11.8 Å². The van der Waals surface area contributed by atoms with E-state index in [9.17, 15) is 36.0 Å². The molecule has 5 nitrogen and oxygen atoms in total. The summed E-state index contributed by atoms with van der Waals surface area (Å²) in [6.07, 6.45) is -12.0. The summed E-state index contributed by atoms with van der Waals surface area (Å²) in [7, 11) is 0. The zero-order valence-corrected chi connectivity index (χ0v) is 17.1. The number of anilines is 1. The first kappa shape index (κ1) is 24.1. The normalized spacial score (nSPS) is 14.8. The molecule has 0 N–H and O–H groups in total. The summed E-state index contributed by atoms with van der Waals surface area (Å²) in [4.78, 5) is 24.7. The minimum absolute atomic E-state index is 0.00619. The van der Waals surface area contributed by atoms with Crippen molar-refractivity contribution in [3.8, 4) is 0 Å².